The van der Waals surface area contributed by atoms with Gasteiger partial charge in [0.15, 0.2) is 0 Å². The summed E-state index contributed by atoms with van der Waals surface area (Å²) in [6.45, 7) is 3.89. The molecular formula is C25H33ClN4O5. The fourth-order valence-corrected chi connectivity index (χ4v) is 4.26. The van der Waals surface area contributed by atoms with Crippen LogP contribution in [0.2, 0.25) is 5.02 Å². The Labute approximate surface area is 210 Å². The Hall–Kier alpha value is -2.85. The highest BCUT2D eigenvalue weighted by atomic mass is 35.5. The van der Waals surface area contributed by atoms with Crippen LogP contribution in [0.1, 0.15) is 32.7 Å². The van der Waals surface area contributed by atoms with Crippen LogP contribution in [0.15, 0.2) is 36.4 Å². The lowest BCUT2D eigenvalue weighted by atomic mass is 10.0. The third-order valence-electron chi connectivity index (χ3n) is 6.13. The van der Waals surface area contributed by atoms with Crippen molar-refractivity contribution < 1.29 is 23.8 Å². The first-order valence-electron chi connectivity index (χ1n) is 11.4. The van der Waals surface area contributed by atoms with Crippen molar-refractivity contribution in [2.24, 2.45) is 0 Å². The molecule has 2 atom stereocenters. The zero-order chi connectivity index (χ0) is 25.4. The van der Waals surface area contributed by atoms with Crippen molar-refractivity contribution in [2.75, 3.05) is 53.2 Å². The number of halogens is 1. The molecule has 2 aromatic carbocycles. The topological polar surface area (TPSA) is 115 Å². The molecule has 3 rings (SSSR count). The monoisotopic (exact) mass is 504 g/mol. The number of nitrogens with one attached hydrogen (secondary N) is 2. The number of ether oxygens (including phenoxy) is 3. The van der Waals surface area contributed by atoms with E-state index in [0.717, 1.165) is 31.6 Å². The van der Waals surface area contributed by atoms with Crippen molar-refractivity contribution in [2.45, 2.75) is 25.1 Å². The van der Waals surface area contributed by atoms with E-state index in [4.69, 9.17) is 31.5 Å². The number of piperidine rings is 1. The number of hydrogen-bond donors (Lipinski definition) is 3. The van der Waals surface area contributed by atoms with Crippen molar-refractivity contribution in [3.05, 3.63) is 58.1 Å². The SMILES string of the molecule is COC(=O)c1ccc(CNCCN2CC[C@@H](NC(=O)c3cc(Cl)c(N)cc3OC)[C@@H](OC)C2)cc1. The Morgan fingerprint density at radius 2 is 1.91 bits per heavy atom. The molecule has 10 heteroatoms. The van der Waals surface area contributed by atoms with Gasteiger partial charge in [0.05, 0.1) is 48.2 Å². The minimum absolute atomic E-state index is 0.133. The van der Waals surface area contributed by atoms with Gasteiger partial charge in [-0.1, -0.05) is 23.7 Å². The summed E-state index contributed by atoms with van der Waals surface area (Å²) in [4.78, 5) is 26.8. The molecule has 1 aliphatic rings. The summed E-state index contributed by atoms with van der Waals surface area (Å²) >= 11 is 6.11. The van der Waals surface area contributed by atoms with Crippen molar-refractivity contribution in [1.29, 1.82) is 0 Å². The molecule has 0 aliphatic carbocycles. The van der Waals surface area contributed by atoms with E-state index >= 15 is 0 Å². The minimum Gasteiger partial charge on any atom is -0.496 e. The van der Waals surface area contributed by atoms with Gasteiger partial charge in [-0.05, 0) is 30.2 Å². The minimum atomic E-state index is -0.340. The number of nitrogens with two attached hydrogens (primary N) is 1. The van der Waals surface area contributed by atoms with Crippen LogP contribution in [-0.4, -0.2) is 76.4 Å². The zero-order valence-electron chi connectivity index (χ0n) is 20.3. The summed E-state index contributed by atoms with van der Waals surface area (Å²) in [5, 5.41) is 6.80. The van der Waals surface area contributed by atoms with E-state index in [2.05, 4.69) is 15.5 Å². The molecule has 1 aliphatic heterocycles. The lowest BCUT2D eigenvalue weighted by Crippen LogP contribution is -2.55. The van der Waals surface area contributed by atoms with Crippen molar-refractivity contribution >= 4 is 29.2 Å². The number of carbonyl (C=O) groups excluding carboxylic acids is 2. The summed E-state index contributed by atoms with van der Waals surface area (Å²) in [5.41, 5.74) is 8.15. The first-order valence-corrected chi connectivity index (χ1v) is 11.8. The van der Waals surface area contributed by atoms with E-state index < -0.39 is 0 Å². The van der Waals surface area contributed by atoms with Crippen LogP contribution < -0.4 is 21.1 Å². The number of nitrogen functional groups attached to an aromatic ring is 1. The summed E-state index contributed by atoms with van der Waals surface area (Å²) < 4.78 is 15.7. The van der Waals surface area contributed by atoms with Gasteiger partial charge in [-0.25, -0.2) is 4.79 Å². The standard InChI is InChI=1S/C25H33ClN4O5/c1-33-22-13-20(27)19(26)12-18(22)24(31)29-21-8-10-30(15-23(21)34-2)11-9-28-14-16-4-6-17(7-5-16)25(32)35-3/h4-7,12-13,21,23,28H,8-11,14-15,27H2,1-3H3,(H,29,31)/t21-,23+/m1/s1. The van der Waals surface area contributed by atoms with Crippen molar-refractivity contribution in [3.63, 3.8) is 0 Å². The lowest BCUT2D eigenvalue weighted by Gasteiger charge is -2.38. The van der Waals surface area contributed by atoms with Gasteiger partial charge in [0, 0.05) is 45.9 Å². The predicted octanol–water partition coefficient (Wildman–Crippen LogP) is 2.33. The van der Waals surface area contributed by atoms with Crippen LogP contribution in [0.3, 0.4) is 0 Å². The Morgan fingerprint density at radius 1 is 1.17 bits per heavy atom. The maximum atomic E-state index is 12.9. The van der Waals surface area contributed by atoms with Gasteiger partial charge in [0.2, 0.25) is 0 Å². The number of amides is 1. The van der Waals surface area contributed by atoms with Gasteiger partial charge in [0.25, 0.3) is 5.91 Å². The number of methoxy groups -OCH3 is 3. The summed E-state index contributed by atoms with van der Waals surface area (Å²) in [6, 6.07) is 10.3. The number of esters is 1. The number of likely N-dealkylation sites (tertiary alicyclic amines) is 1. The highest BCUT2D eigenvalue weighted by Gasteiger charge is 2.31. The lowest BCUT2D eigenvalue weighted by molar-refractivity contribution is 0.00677. The number of nitrogens with zero attached hydrogens (tertiary/aromatic N) is 1. The molecule has 0 saturated carbocycles. The molecule has 1 saturated heterocycles. The molecule has 0 spiro atoms. The maximum Gasteiger partial charge on any atom is 0.337 e. The number of anilines is 1. The van der Waals surface area contributed by atoms with Gasteiger partial charge in [-0.3, -0.25) is 9.69 Å². The van der Waals surface area contributed by atoms with Gasteiger partial charge in [0.1, 0.15) is 5.75 Å². The first kappa shape index (κ1) is 26.7. The zero-order valence-corrected chi connectivity index (χ0v) is 21.1. The molecule has 0 bridgehead atoms. The van der Waals surface area contributed by atoms with Crippen molar-refractivity contribution in [1.82, 2.24) is 15.5 Å². The normalized spacial score (nSPS) is 18.2. The van der Waals surface area contributed by atoms with Gasteiger partial charge in [-0.15, -0.1) is 0 Å². The molecule has 1 heterocycles. The predicted molar refractivity (Wildman–Crippen MR) is 135 cm³/mol. The average molecular weight is 505 g/mol. The Balaban J connectivity index is 1.46. The Kier molecular flexibility index (Phi) is 9.73. The van der Waals surface area contributed by atoms with Crippen LogP contribution in [0.25, 0.3) is 0 Å². The van der Waals surface area contributed by atoms with Gasteiger partial charge < -0.3 is 30.6 Å². The van der Waals surface area contributed by atoms with Crippen LogP contribution in [0.4, 0.5) is 5.69 Å². The van der Waals surface area contributed by atoms with E-state index in [1.54, 1.807) is 25.3 Å². The Morgan fingerprint density at radius 3 is 2.57 bits per heavy atom. The molecular weight excluding hydrogens is 472 g/mol. The van der Waals surface area contributed by atoms with E-state index in [9.17, 15) is 9.59 Å². The number of carbonyl (C=O) groups is 2. The summed E-state index contributed by atoms with van der Waals surface area (Å²) in [5.74, 6) is -0.237. The largest absolute Gasteiger partial charge is 0.496 e. The Bertz CT molecular complexity index is 1020. The molecule has 190 valence electrons. The van der Waals surface area contributed by atoms with Crippen LogP contribution in [0.5, 0.6) is 5.75 Å². The van der Waals surface area contributed by atoms with Crippen LogP contribution >= 0.6 is 11.6 Å². The molecule has 0 unspecified atom stereocenters. The second kappa shape index (κ2) is 12.7. The van der Waals surface area contributed by atoms with E-state index in [1.165, 1.54) is 20.3 Å². The third kappa shape index (κ3) is 7.08. The maximum absolute atomic E-state index is 12.9. The molecule has 2 aromatic rings. The highest BCUT2D eigenvalue weighted by molar-refractivity contribution is 6.33. The smallest absolute Gasteiger partial charge is 0.337 e. The fraction of sp³-hybridized carbons (Fsp3) is 0.440. The average Bonchev–Trinajstić information content (AvgIpc) is 2.88. The number of rotatable bonds is 10. The molecule has 9 nitrogen and oxygen atoms in total. The second-order valence-corrected chi connectivity index (χ2v) is 8.79. The summed E-state index contributed by atoms with van der Waals surface area (Å²) in [7, 11) is 4.52. The van der Waals surface area contributed by atoms with Crippen LogP contribution in [0, 0.1) is 0 Å². The molecule has 1 amide bonds. The molecule has 1 fully saturated rings. The summed E-state index contributed by atoms with van der Waals surface area (Å²) in [6.07, 6.45) is 0.610. The van der Waals surface area contributed by atoms with E-state index in [-0.39, 0.29) is 24.0 Å². The second-order valence-electron chi connectivity index (χ2n) is 8.38. The first-order chi connectivity index (χ1) is 16.9. The highest BCUT2D eigenvalue weighted by Crippen LogP contribution is 2.29. The third-order valence-corrected chi connectivity index (χ3v) is 6.46. The fourth-order valence-electron chi connectivity index (χ4n) is 4.10. The molecule has 4 N–H and O–H groups in total. The van der Waals surface area contributed by atoms with Crippen LogP contribution in [-0.2, 0) is 16.0 Å². The van der Waals surface area contributed by atoms with E-state index in [0.29, 0.717) is 40.7 Å². The number of hydrogen-bond acceptors (Lipinski definition) is 8. The van der Waals surface area contributed by atoms with Gasteiger partial charge in [-0.2, -0.15) is 0 Å². The quantitative estimate of drug-likeness (QED) is 0.256. The molecule has 0 radical (unpaired) electrons. The van der Waals surface area contributed by atoms with Gasteiger partial charge >= 0.3 is 5.97 Å². The number of benzene rings is 2. The molecule has 35 heavy (non-hydrogen) atoms. The molecule has 0 aromatic heterocycles. The van der Waals surface area contributed by atoms with Crippen molar-refractivity contribution in [3.8, 4) is 5.75 Å². The van der Waals surface area contributed by atoms with E-state index in [1.807, 2.05) is 12.1 Å².